The molecule has 0 radical (unpaired) electrons. The van der Waals surface area contributed by atoms with Gasteiger partial charge in [-0.3, -0.25) is 9.80 Å². The summed E-state index contributed by atoms with van der Waals surface area (Å²) >= 11 is 0. The van der Waals surface area contributed by atoms with Gasteiger partial charge in [0, 0.05) is 37.9 Å². The van der Waals surface area contributed by atoms with Crippen molar-refractivity contribution in [2.45, 2.75) is 39.3 Å². The van der Waals surface area contributed by atoms with E-state index in [1.54, 1.807) is 0 Å². The summed E-state index contributed by atoms with van der Waals surface area (Å²) in [4.78, 5) is 5.22. The average Bonchev–Trinajstić information content (AvgIpc) is 3.09. The standard InChI is InChI=1S/C17H27N3/c1-3-20(4-2)16-8-10-19(13-16)12-14-5-6-17-15(11-14)7-9-18-17/h5-6,11,16,18H,3-4,7-10,12-13H2,1-2H3. The minimum absolute atomic E-state index is 0.765. The number of nitrogens with zero attached hydrogens (tertiary/aromatic N) is 2. The van der Waals surface area contributed by atoms with Crippen LogP contribution in [0.5, 0.6) is 0 Å². The normalized spacial score (nSPS) is 22.2. The summed E-state index contributed by atoms with van der Waals surface area (Å²) in [5, 5.41) is 3.44. The topological polar surface area (TPSA) is 18.5 Å². The quantitative estimate of drug-likeness (QED) is 0.889. The van der Waals surface area contributed by atoms with Crippen molar-refractivity contribution in [3.05, 3.63) is 29.3 Å². The number of hydrogen-bond donors (Lipinski definition) is 1. The van der Waals surface area contributed by atoms with Crippen LogP contribution in [0.15, 0.2) is 18.2 Å². The van der Waals surface area contributed by atoms with E-state index < -0.39 is 0 Å². The van der Waals surface area contributed by atoms with E-state index in [1.807, 2.05) is 0 Å². The maximum absolute atomic E-state index is 3.44. The molecule has 1 unspecified atom stereocenters. The second-order valence-corrected chi connectivity index (χ2v) is 6.07. The number of anilines is 1. The van der Waals surface area contributed by atoms with Gasteiger partial charge in [0.25, 0.3) is 0 Å². The molecule has 3 rings (SSSR count). The summed E-state index contributed by atoms with van der Waals surface area (Å²) in [6.45, 7) is 11.6. The van der Waals surface area contributed by atoms with Gasteiger partial charge in [0.05, 0.1) is 0 Å². The predicted octanol–water partition coefficient (Wildman–Crippen LogP) is 2.57. The smallest absolute Gasteiger partial charge is 0.0373 e. The molecule has 1 N–H and O–H groups in total. The monoisotopic (exact) mass is 273 g/mol. The van der Waals surface area contributed by atoms with Crippen LogP contribution >= 0.6 is 0 Å². The SMILES string of the molecule is CCN(CC)C1CCN(Cc2ccc3c(c2)CCN3)C1. The Morgan fingerprint density at radius 3 is 2.95 bits per heavy atom. The fourth-order valence-electron chi connectivity index (χ4n) is 3.71. The first kappa shape index (κ1) is 13.9. The van der Waals surface area contributed by atoms with Crippen LogP contribution in [-0.4, -0.2) is 48.6 Å². The number of likely N-dealkylation sites (tertiary alicyclic amines) is 1. The zero-order valence-electron chi connectivity index (χ0n) is 12.9. The molecule has 20 heavy (non-hydrogen) atoms. The van der Waals surface area contributed by atoms with Crippen molar-refractivity contribution in [3.63, 3.8) is 0 Å². The van der Waals surface area contributed by atoms with E-state index >= 15 is 0 Å². The molecule has 0 aromatic heterocycles. The van der Waals surface area contributed by atoms with Crippen molar-refractivity contribution in [3.8, 4) is 0 Å². The third-order valence-corrected chi connectivity index (χ3v) is 4.86. The maximum Gasteiger partial charge on any atom is 0.0373 e. The van der Waals surface area contributed by atoms with Crippen LogP contribution < -0.4 is 5.32 Å². The number of benzene rings is 1. The molecule has 0 spiro atoms. The molecule has 0 amide bonds. The first-order valence-electron chi connectivity index (χ1n) is 8.12. The molecular formula is C17H27N3. The molecule has 1 saturated heterocycles. The van der Waals surface area contributed by atoms with Gasteiger partial charge in [0.1, 0.15) is 0 Å². The molecular weight excluding hydrogens is 246 g/mol. The van der Waals surface area contributed by atoms with Gasteiger partial charge in [-0.05, 0) is 43.1 Å². The second-order valence-electron chi connectivity index (χ2n) is 6.07. The Hall–Kier alpha value is -1.06. The number of fused-ring (bicyclic) bond motifs is 1. The van der Waals surface area contributed by atoms with Gasteiger partial charge in [-0.15, -0.1) is 0 Å². The van der Waals surface area contributed by atoms with E-state index in [2.05, 4.69) is 47.2 Å². The molecule has 0 bridgehead atoms. The third kappa shape index (κ3) is 2.84. The largest absolute Gasteiger partial charge is 0.384 e. The Morgan fingerprint density at radius 1 is 1.30 bits per heavy atom. The van der Waals surface area contributed by atoms with Gasteiger partial charge in [-0.2, -0.15) is 0 Å². The zero-order valence-corrected chi connectivity index (χ0v) is 12.9. The lowest BCUT2D eigenvalue weighted by molar-refractivity contribution is 0.209. The molecule has 1 aromatic carbocycles. The maximum atomic E-state index is 3.44. The molecule has 0 saturated carbocycles. The van der Waals surface area contributed by atoms with Gasteiger partial charge in [0.15, 0.2) is 0 Å². The summed E-state index contributed by atoms with van der Waals surface area (Å²) in [5.41, 5.74) is 4.32. The van der Waals surface area contributed by atoms with Crippen LogP contribution in [0.1, 0.15) is 31.4 Å². The zero-order chi connectivity index (χ0) is 13.9. The number of rotatable bonds is 5. The highest BCUT2D eigenvalue weighted by atomic mass is 15.2. The van der Waals surface area contributed by atoms with Crippen molar-refractivity contribution >= 4 is 5.69 Å². The minimum Gasteiger partial charge on any atom is -0.384 e. The fraction of sp³-hybridized carbons (Fsp3) is 0.647. The summed E-state index contributed by atoms with van der Waals surface area (Å²) < 4.78 is 0. The Bertz CT molecular complexity index is 454. The van der Waals surface area contributed by atoms with Gasteiger partial charge in [-0.25, -0.2) is 0 Å². The van der Waals surface area contributed by atoms with Crippen molar-refractivity contribution in [1.29, 1.82) is 0 Å². The molecule has 3 heteroatoms. The molecule has 2 aliphatic heterocycles. The Labute approximate surface area is 123 Å². The fourth-order valence-corrected chi connectivity index (χ4v) is 3.71. The van der Waals surface area contributed by atoms with Gasteiger partial charge >= 0.3 is 0 Å². The van der Waals surface area contributed by atoms with E-state index in [0.717, 1.165) is 19.1 Å². The van der Waals surface area contributed by atoms with Crippen molar-refractivity contribution in [1.82, 2.24) is 9.80 Å². The molecule has 0 aliphatic carbocycles. The van der Waals surface area contributed by atoms with Crippen LogP contribution in [0, 0.1) is 0 Å². The molecule has 2 heterocycles. The molecule has 1 aromatic rings. The lowest BCUT2D eigenvalue weighted by Gasteiger charge is -2.26. The number of hydrogen-bond acceptors (Lipinski definition) is 3. The van der Waals surface area contributed by atoms with Crippen molar-refractivity contribution < 1.29 is 0 Å². The van der Waals surface area contributed by atoms with Gasteiger partial charge < -0.3 is 5.32 Å². The summed E-state index contributed by atoms with van der Waals surface area (Å²) in [5.74, 6) is 0. The summed E-state index contributed by atoms with van der Waals surface area (Å²) in [6.07, 6.45) is 2.51. The highest BCUT2D eigenvalue weighted by Gasteiger charge is 2.26. The van der Waals surface area contributed by atoms with Gasteiger partial charge in [-0.1, -0.05) is 26.0 Å². The van der Waals surface area contributed by atoms with E-state index in [-0.39, 0.29) is 0 Å². The van der Waals surface area contributed by atoms with Crippen LogP contribution in [0.25, 0.3) is 0 Å². The first-order valence-corrected chi connectivity index (χ1v) is 8.12. The second kappa shape index (κ2) is 6.15. The van der Waals surface area contributed by atoms with E-state index in [0.29, 0.717) is 0 Å². The van der Waals surface area contributed by atoms with Crippen molar-refractivity contribution in [2.75, 3.05) is 38.0 Å². The molecule has 1 atom stereocenters. The average molecular weight is 273 g/mol. The lowest BCUT2D eigenvalue weighted by Crippen LogP contribution is -2.37. The van der Waals surface area contributed by atoms with E-state index in [1.165, 1.54) is 55.8 Å². The van der Waals surface area contributed by atoms with Crippen LogP contribution in [0.2, 0.25) is 0 Å². The number of likely N-dealkylation sites (N-methyl/N-ethyl adjacent to an activating group) is 1. The third-order valence-electron chi connectivity index (χ3n) is 4.86. The van der Waals surface area contributed by atoms with Gasteiger partial charge in [0.2, 0.25) is 0 Å². The summed E-state index contributed by atoms with van der Waals surface area (Å²) in [6, 6.07) is 7.72. The Balaban J connectivity index is 1.59. The molecule has 110 valence electrons. The Morgan fingerprint density at radius 2 is 2.15 bits per heavy atom. The summed E-state index contributed by atoms with van der Waals surface area (Å²) in [7, 11) is 0. The highest BCUT2D eigenvalue weighted by Crippen LogP contribution is 2.25. The lowest BCUT2D eigenvalue weighted by atomic mass is 10.1. The predicted molar refractivity (Wildman–Crippen MR) is 85.2 cm³/mol. The first-order chi connectivity index (χ1) is 9.80. The molecule has 2 aliphatic rings. The number of nitrogens with one attached hydrogen (secondary N) is 1. The van der Waals surface area contributed by atoms with E-state index in [4.69, 9.17) is 0 Å². The molecule has 3 nitrogen and oxygen atoms in total. The minimum atomic E-state index is 0.765. The molecule has 1 fully saturated rings. The van der Waals surface area contributed by atoms with Crippen molar-refractivity contribution in [2.24, 2.45) is 0 Å². The van der Waals surface area contributed by atoms with Crippen LogP contribution in [0.3, 0.4) is 0 Å². The highest BCUT2D eigenvalue weighted by molar-refractivity contribution is 5.56. The van der Waals surface area contributed by atoms with Crippen LogP contribution in [0.4, 0.5) is 5.69 Å². The van der Waals surface area contributed by atoms with Crippen LogP contribution in [-0.2, 0) is 13.0 Å². The van der Waals surface area contributed by atoms with E-state index in [9.17, 15) is 0 Å². The Kier molecular flexibility index (Phi) is 4.27.